The maximum absolute atomic E-state index is 10.8. The Kier molecular flexibility index (Phi) is 3.48. The summed E-state index contributed by atoms with van der Waals surface area (Å²) in [7, 11) is 0. The van der Waals surface area contributed by atoms with Gasteiger partial charge in [-0.1, -0.05) is 40.9 Å². The molecule has 2 nitrogen and oxygen atoms in total. The van der Waals surface area contributed by atoms with Gasteiger partial charge in [-0.15, -0.1) is 0 Å². The van der Waals surface area contributed by atoms with Gasteiger partial charge in [0.25, 0.3) is 0 Å². The zero-order chi connectivity index (χ0) is 12.6. The number of hydrogen-bond acceptors (Lipinski definition) is 2. The van der Waals surface area contributed by atoms with E-state index >= 15 is 0 Å². The summed E-state index contributed by atoms with van der Waals surface area (Å²) in [6, 6.07) is 8.84. The highest BCUT2D eigenvalue weighted by Crippen LogP contribution is 2.45. The van der Waals surface area contributed by atoms with E-state index in [0.29, 0.717) is 12.0 Å². The number of benzene rings is 1. The summed E-state index contributed by atoms with van der Waals surface area (Å²) in [6.07, 6.45) is 5.46. The lowest BCUT2D eigenvalue weighted by Gasteiger charge is -2.48. The van der Waals surface area contributed by atoms with Gasteiger partial charge in [-0.05, 0) is 43.5 Å². The molecule has 3 rings (SSSR count). The van der Waals surface area contributed by atoms with Crippen molar-refractivity contribution >= 4 is 15.9 Å². The van der Waals surface area contributed by atoms with Crippen molar-refractivity contribution in [3.63, 3.8) is 0 Å². The van der Waals surface area contributed by atoms with E-state index < -0.39 is 5.60 Å². The standard InChI is InChI=1S/C15H20BrNO/c16-12-6-4-11(5-7-12)14-13-3-1-2-8-15(13,18)9-10-17-14/h4-7,13-14,17-18H,1-3,8-10H2/t13-,14-,15-/m0/s1. The summed E-state index contributed by atoms with van der Waals surface area (Å²) in [4.78, 5) is 0. The molecule has 0 bridgehead atoms. The molecule has 2 aliphatic rings. The molecule has 1 saturated heterocycles. The normalized spacial score (nSPS) is 36.1. The van der Waals surface area contributed by atoms with E-state index in [9.17, 15) is 5.11 Å². The van der Waals surface area contributed by atoms with Crippen molar-refractivity contribution in [1.29, 1.82) is 0 Å². The molecule has 2 fully saturated rings. The van der Waals surface area contributed by atoms with Gasteiger partial charge in [-0.2, -0.15) is 0 Å². The number of aliphatic hydroxyl groups is 1. The first-order chi connectivity index (χ1) is 8.69. The molecule has 0 unspecified atom stereocenters. The van der Waals surface area contributed by atoms with Crippen LogP contribution < -0.4 is 5.32 Å². The molecule has 2 N–H and O–H groups in total. The third-order valence-corrected chi connectivity index (χ3v) is 5.15. The molecule has 1 aromatic rings. The van der Waals surface area contributed by atoms with Crippen LogP contribution in [0.1, 0.15) is 43.7 Å². The molecule has 0 radical (unpaired) electrons. The smallest absolute Gasteiger partial charge is 0.0706 e. The van der Waals surface area contributed by atoms with Gasteiger partial charge in [0.15, 0.2) is 0 Å². The van der Waals surface area contributed by atoms with E-state index in [-0.39, 0.29) is 0 Å². The summed E-state index contributed by atoms with van der Waals surface area (Å²) in [6.45, 7) is 0.924. The molecular weight excluding hydrogens is 290 g/mol. The SMILES string of the molecule is O[C@]12CCCC[C@H]1[C@H](c1ccc(Br)cc1)NCC2. The zero-order valence-electron chi connectivity index (χ0n) is 10.5. The maximum Gasteiger partial charge on any atom is 0.0706 e. The summed E-state index contributed by atoms with van der Waals surface area (Å²) < 4.78 is 1.11. The second-order valence-electron chi connectivity index (χ2n) is 5.69. The van der Waals surface area contributed by atoms with Crippen molar-refractivity contribution in [3.05, 3.63) is 34.3 Å². The van der Waals surface area contributed by atoms with Crippen molar-refractivity contribution in [2.75, 3.05) is 6.54 Å². The van der Waals surface area contributed by atoms with Gasteiger partial charge >= 0.3 is 0 Å². The number of rotatable bonds is 1. The van der Waals surface area contributed by atoms with Gasteiger partial charge in [-0.3, -0.25) is 0 Å². The number of hydrogen-bond donors (Lipinski definition) is 2. The first-order valence-corrected chi connectivity index (χ1v) is 7.70. The van der Waals surface area contributed by atoms with E-state index in [1.165, 1.54) is 18.4 Å². The van der Waals surface area contributed by atoms with Crippen LogP contribution in [-0.4, -0.2) is 17.3 Å². The molecule has 0 spiro atoms. The number of fused-ring (bicyclic) bond motifs is 1. The third kappa shape index (κ3) is 2.24. The Bertz CT molecular complexity index is 415. The van der Waals surface area contributed by atoms with Gasteiger partial charge in [0, 0.05) is 16.4 Å². The van der Waals surface area contributed by atoms with Crippen molar-refractivity contribution in [3.8, 4) is 0 Å². The number of nitrogens with one attached hydrogen (secondary N) is 1. The average molecular weight is 310 g/mol. The summed E-state index contributed by atoms with van der Waals surface area (Å²) in [5, 5.41) is 14.4. The van der Waals surface area contributed by atoms with E-state index in [1.54, 1.807) is 0 Å². The van der Waals surface area contributed by atoms with Crippen LogP contribution in [0.5, 0.6) is 0 Å². The molecule has 3 heteroatoms. The molecule has 1 heterocycles. The van der Waals surface area contributed by atoms with Crippen LogP contribution in [0.15, 0.2) is 28.7 Å². The Morgan fingerprint density at radius 1 is 1.17 bits per heavy atom. The molecule has 1 aliphatic carbocycles. The molecule has 18 heavy (non-hydrogen) atoms. The van der Waals surface area contributed by atoms with Crippen LogP contribution in [0.2, 0.25) is 0 Å². The van der Waals surface area contributed by atoms with E-state index in [0.717, 1.165) is 30.3 Å². The van der Waals surface area contributed by atoms with Crippen LogP contribution in [0, 0.1) is 5.92 Å². The fraction of sp³-hybridized carbons (Fsp3) is 0.600. The Balaban J connectivity index is 1.88. The highest BCUT2D eigenvalue weighted by atomic mass is 79.9. The van der Waals surface area contributed by atoms with Crippen LogP contribution in [0.25, 0.3) is 0 Å². The van der Waals surface area contributed by atoms with Crippen molar-refractivity contribution < 1.29 is 5.11 Å². The third-order valence-electron chi connectivity index (χ3n) is 4.62. The maximum atomic E-state index is 10.8. The quantitative estimate of drug-likeness (QED) is 0.833. The van der Waals surface area contributed by atoms with Crippen LogP contribution in [0.4, 0.5) is 0 Å². The molecule has 98 valence electrons. The number of halogens is 1. The minimum absolute atomic E-state index is 0.317. The molecule has 1 aromatic carbocycles. The lowest BCUT2D eigenvalue weighted by molar-refractivity contribution is -0.0861. The summed E-state index contributed by atoms with van der Waals surface area (Å²) in [5.41, 5.74) is 0.879. The van der Waals surface area contributed by atoms with Crippen molar-refractivity contribution in [2.45, 2.75) is 43.7 Å². The van der Waals surface area contributed by atoms with Crippen LogP contribution >= 0.6 is 15.9 Å². The van der Waals surface area contributed by atoms with Gasteiger partial charge in [-0.25, -0.2) is 0 Å². The predicted molar refractivity (Wildman–Crippen MR) is 76.4 cm³/mol. The molecule has 3 atom stereocenters. The predicted octanol–water partition coefficient (Wildman–Crippen LogP) is 3.40. The van der Waals surface area contributed by atoms with Gasteiger partial charge in [0.2, 0.25) is 0 Å². The van der Waals surface area contributed by atoms with E-state index in [4.69, 9.17) is 0 Å². The lowest BCUT2D eigenvalue weighted by atomic mass is 9.67. The fourth-order valence-corrected chi connectivity index (χ4v) is 3.91. The highest BCUT2D eigenvalue weighted by Gasteiger charge is 2.45. The fourth-order valence-electron chi connectivity index (χ4n) is 3.64. The second-order valence-corrected chi connectivity index (χ2v) is 6.60. The molecule has 0 amide bonds. The van der Waals surface area contributed by atoms with Crippen molar-refractivity contribution in [1.82, 2.24) is 5.32 Å². The van der Waals surface area contributed by atoms with Crippen LogP contribution in [-0.2, 0) is 0 Å². The van der Waals surface area contributed by atoms with E-state index in [2.05, 4.69) is 45.5 Å². The van der Waals surface area contributed by atoms with Gasteiger partial charge in [0.1, 0.15) is 0 Å². The minimum Gasteiger partial charge on any atom is -0.389 e. The minimum atomic E-state index is -0.429. The Hall–Kier alpha value is -0.380. The largest absolute Gasteiger partial charge is 0.389 e. The topological polar surface area (TPSA) is 32.3 Å². The van der Waals surface area contributed by atoms with Crippen molar-refractivity contribution in [2.24, 2.45) is 5.92 Å². The molecule has 0 aromatic heterocycles. The Morgan fingerprint density at radius 3 is 2.72 bits per heavy atom. The first kappa shape index (κ1) is 12.6. The average Bonchev–Trinajstić information content (AvgIpc) is 2.38. The van der Waals surface area contributed by atoms with Gasteiger partial charge < -0.3 is 10.4 Å². The molecule has 1 aliphatic heterocycles. The number of piperidine rings is 1. The summed E-state index contributed by atoms with van der Waals surface area (Å²) >= 11 is 3.48. The zero-order valence-corrected chi connectivity index (χ0v) is 12.1. The summed E-state index contributed by atoms with van der Waals surface area (Å²) in [5.74, 6) is 0.376. The molecular formula is C15H20BrNO. The van der Waals surface area contributed by atoms with E-state index in [1.807, 2.05) is 0 Å². The second kappa shape index (κ2) is 4.95. The lowest BCUT2D eigenvalue weighted by Crippen LogP contribution is -2.53. The van der Waals surface area contributed by atoms with Gasteiger partial charge in [0.05, 0.1) is 5.60 Å². The Morgan fingerprint density at radius 2 is 1.94 bits per heavy atom. The van der Waals surface area contributed by atoms with Crippen LogP contribution in [0.3, 0.4) is 0 Å². The Labute approximate surface area is 117 Å². The monoisotopic (exact) mass is 309 g/mol. The highest BCUT2D eigenvalue weighted by molar-refractivity contribution is 9.10. The first-order valence-electron chi connectivity index (χ1n) is 6.90. The molecule has 1 saturated carbocycles.